The molecule has 0 bridgehead atoms. The van der Waals surface area contributed by atoms with Gasteiger partial charge in [-0.1, -0.05) is 6.07 Å². The van der Waals surface area contributed by atoms with Crippen molar-refractivity contribution in [2.75, 3.05) is 26.2 Å². The van der Waals surface area contributed by atoms with E-state index in [4.69, 9.17) is 10.5 Å². The molecule has 0 spiro atoms. The van der Waals surface area contributed by atoms with E-state index in [-0.39, 0.29) is 30.1 Å². The van der Waals surface area contributed by atoms with Gasteiger partial charge in [-0.3, -0.25) is 14.9 Å². The summed E-state index contributed by atoms with van der Waals surface area (Å²) in [6.45, 7) is 2.51. The summed E-state index contributed by atoms with van der Waals surface area (Å²) in [6.07, 6.45) is 4.23. The number of carbonyl (C=O) groups is 1. The summed E-state index contributed by atoms with van der Waals surface area (Å²) < 4.78 is 7.23. The van der Waals surface area contributed by atoms with Crippen LogP contribution < -0.4 is 5.73 Å². The van der Waals surface area contributed by atoms with E-state index >= 15 is 0 Å². The number of likely N-dealkylation sites (tertiary alicyclic amines) is 1. The minimum atomic E-state index is -0.460. The molecule has 0 atom stereocenters. The number of amides is 1. The first kappa shape index (κ1) is 21.8. The molecule has 0 aliphatic carbocycles. The normalized spacial score (nSPS) is 14.5. The minimum absolute atomic E-state index is 0. The summed E-state index contributed by atoms with van der Waals surface area (Å²) >= 11 is 0. The number of halogens is 1. The average molecular weight is 410 g/mol. The molecule has 2 aromatic rings. The Kier molecular flexibility index (Phi) is 7.91. The monoisotopic (exact) mass is 409 g/mol. The van der Waals surface area contributed by atoms with Gasteiger partial charge in [-0.15, -0.1) is 12.4 Å². The minimum Gasteiger partial charge on any atom is -0.378 e. The second-order valence-electron chi connectivity index (χ2n) is 6.43. The third kappa shape index (κ3) is 5.28. The SMILES string of the molecule is Cl.NCCCOC1CCN(C(=O)c2ccn(-c3cccc([N+](=O)[O-])c3)n2)CC1. The fraction of sp³-hybridized carbons (Fsp3) is 0.444. The number of nitrogens with zero attached hydrogens (tertiary/aromatic N) is 4. The number of non-ortho nitro benzene ring substituents is 1. The molecular weight excluding hydrogens is 386 g/mol. The van der Waals surface area contributed by atoms with Crippen molar-refractivity contribution in [1.29, 1.82) is 0 Å². The van der Waals surface area contributed by atoms with E-state index < -0.39 is 4.92 Å². The molecule has 10 heteroatoms. The standard InChI is InChI=1S/C18H23N5O4.ClH/c19-8-2-12-27-16-5-9-21(10-6-16)18(24)17-7-11-22(20-17)14-3-1-4-15(13-14)23(25)26;/h1,3-4,7,11,13,16H,2,5-6,8-10,12,19H2;1H. The molecular formula is C18H24ClN5O4. The van der Waals surface area contributed by atoms with E-state index in [9.17, 15) is 14.9 Å². The van der Waals surface area contributed by atoms with Gasteiger partial charge in [0.25, 0.3) is 11.6 Å². The smallest absolute Gasteiger partial charge is 0.274 e. The summed E-state index contributed by atoms with van der Waals surface area (Å²) in [7, 11) is 0. The van der Waals surface area contributed by atoms with E-state index in [0.717, 1.165) is 19.3 Å². The highest BCUT2D eigenvalue weighted by Crippen LogP contribution is 2.18. The second kappa shape index (κ2) is 10.2. The van der Waals surface area contributed by atoms with Crippen molar-refractivity contribution in [3.63, 3.8) is 0 Å². The number of hydrogen-bond acceptors (Lipinski definition) is 6. The van der Waals surface area contributed by atoms with Crippen LogP contribution >= 0.6 is 12.4 Å². The van der Waals surface area contributed by atoms with Crippen LogP contribution in [-0.2, 0) is 4.74 Å². The third-order valence-corrected chi connectivity index (χ3v) is 4.54. The quantitative estimate of drug-likeness (QED) is 0.425. The fourth-order valence-electron chi connectivity index (χ4n) is 3.05. The van der Waals surface area contributed by atoms with Crippen molar-refractivity contribution in [1.82, 2.24) is 14.7 Å². The molecule has 28 heavy (non-hydrogen) atoms. The molecule has 1 aliphatic heterocycles. The number of nitro benzene ring substituents is 1. The van der Waals surface area contributed by atoms with Gasteiger partial charge in [0.05, 0.1) is 16.7 Å². The van der Waals surface area contributed by atoms with E-state index in [1.807, 2.05) is 0 Å². The number of aromatic nitrogens is 2. The summed E-state index contributed by atoms with van der Waals surface area (Å²) in [4.78, 5) is 24.9. The molecule has 1 aromatic carbocycles. The first-order chi connectivity index (χ1) is 13.1. The van der Waals surface area contributed by atoms with Gasteiger partial charge in [0.1, 0.15) is 0 Å². The zero-order valence-corrected chi connectivity index (χ0v) is 16.2. The van der Waals surface area contributed by atoms with Gasteiger partial charge in [-0.2, -0.15) is 5.10 Å². The van der Waals surface area contributed by atoms with Gasteiger partial charge in [0, 0.05) is 38.0 Å². The number of benzene rings is 1. The van der Waals surface area contributed by atoms with Crippen LogP contribution in [0.5, 0.6) is 0 Å². The Hall–Kier alpha value is -2.49. The molecule has 0 unspecified atom stereocenters. The number of nitro groups is 1. The van der Waals surface area contributed by atoms with Gasteiger partial charge >= 0.3 is 0 Å². The lowest BCUT2D eigenvalue weighted by Crippen LogP contribution is -2.41. The molecule has 0 saturated carbocycles. The van der Waals surface area contributed by atoms with E-state index in [1.54, 1.807) is 29.3 Å². The summed E-state index contributed by atoms with van der Waals surface area (Å²) in [5.41, 5.74) is 6.30. The topological polar surface area (TPSA) is 117 Å². The molecule has 2 heterocycles. The highest BCUT2D eigenvalue weighted by atomic mass is 35.5. The Bertz CT molecular complexity index is 805. The van der Waals surface area contributed by atoms with Crippen LogP contribution in [0.1, 0.15) is 29.8 Å². The van der Waals surface area contributed by atoms with Crippen molar-refractivity contribution in [3.05, 3.63) is 52.3 Å². The van der Waals surface area contributed by atoms with Crippen molar-refractivity contribution >= 4 is 24.0 Å². The molecule has 1 amide bonds. The lowest BCUT2D eigenvalue weighted by atomic mass is 10.1. The van der Waals surface area contributed by atoms with Crippen molar-refractivity contribution < 1.29 is 14.5 Å². The number of ether oxygens (including phenoxy) is 1. The lowest BCUT2D eigenvalue weighted by Gasteiger charge is -2.31. The molecule has 1 aromatic heterocycles. The Labute approximate surface area is 169 Å². The highest BCUT2D eigenvalue weighted by molar-refractivity contribution is 5.92. The van der Waals surface area contributed by atoms with Gasteiger partial charge in [0.2, 0.25) is 0 Å². The molecule has 2 N–H and O–H groups in total. The maximum atomic E-state index is 12.7. The molecule has 1 fully saturated rings. The molecule has 3 rings (SSSR count). The number of rotatable bonds is 7. The molecule has 0 radical (unpaired) electrons. The van der Waals surface area contributed by atoms with Gasteiger partial charge in [-0.25, -0.2) is 4.68 Å². The summed E-state index contributed by atoms with van der Waals surface area (Å²) in [6, 6.07) is 7.76. The predicted octanol–water partition coefficient (Wildman–Crippen LogP) is 2.17. The second-order valence-corrected chi connectivity index (χ2v) is 6.43. The zero-order chi connectivity index (χ0) is 19.2. The van der Waals surface area contributed by atoms with Crippen LogP contribution in [0.3, 0.4) is 0 Å². The summed E-state index contributed by atoms with van der Waals surface area (Å²) in [5, 5.41) is 15.2. The fourth-order valence-corrected chi connectivity index (χ4v) is 3.05. The summed E-state index contributed by atoms with van der Waals surface area (Å²) in [5.74, 6) is -0.139. The number of nitrogens with two attached hydrogens (primary N) is 1. The maximum Gasteiger partial charge on any atom is 0.274 e. The van der Waals surface area contributed by atoms with Crippen molar-refractivity contribution in [3.8, 4) is 5.69 Å². The van der Waals surface area contributed by atoms with Crippen LogP contribution in [0.2, 0.25) is 0 Å². The van der Waals surface area contributed by atoms with Crippen LogP contribution in [0, 0.1) is 10.1 Å². The number of hydrogen-bond donors (Lipinski definition) is 1. The van der Waals surface area contributed by atoms with Crippen LogP contribution in [0.15, 0.2) is 36.5 Å². The molecule has 9 nitrogen and oxygen atoms in total. The van der Waals surface area contributed by atoms with E-state index in [1.165, 1.54) is 16.8 Å². The average Bonchev–Trinajstić information content (AvgIpc) is 3.18. The first-order valence-electron chi connectivity index (χ1n) is 9.00. The third-order valence-electron chi connectivity index (χ3n) is 4.54. The van der Waals surface area contributed by atoms with Crippen LogP contribution in [-0.4, -0.2) is 57.9 Å². The number of carbonyl (C=O) groups excluding carboxylic acids is 1. The lowest BCUT2D eigenvalue weighted by molar-refractivity contribution is -0.384. The first-order valence-corrected chi connectivity index (χ1v) is 9.00. The van der Waals surface area contributed by atoms with Gasteiger partial charge < -0.3 is 15.4 Å². The highest BCUT2D eigenvalue weighted by Gasteiger charge is 2.25. The van der Waals surface area contributed by atoms with Crippen molar-refractivity contribution in [2.24, 2.45) is 5.73 Å². The van der Waals surface area contributed by atoms with Crippen LogP contribution in [0.4, 0.5) is 5.69 Å². The van der Waals surface area contributed by atoms with Gasteiger partial charge in [0.15, 0.2) is 5.69 Å². The number of piperidine rings is 1. The zero-order valence-electron chi connectivity index (χ0n) is 15.4. The Morgan fingerprint density at radius 1 is 1.32 bits per heavy atom. The predicted molar refractivity (Wildman–Crippen MR) is 106 cm³/mol. The maximum absolute atomic E-state index is 12.7. The van der Waals surface area contributed by atoms with Crippen molar-refractivity contribution in [2.45, 2.75) is 25.4 Å². The Morgan fingerprint density at radius 3 is 2.75 bits per heavy atom. The largest absolute Gasteiger partial charge is 0.378 e. The van der Waals surface area contributed by atoms with E-state index in [2.05, 4.69) is 5.10 Å². The van der Waals surface area contributed by atoms with Gasteiger partial charge in [-0.05, 0) is 37.9 Å². The molecule has 1 saturated heterocycles. The Balaban J connectivity index is 0.00000280. The molecule has 1 aliphatic rings. The van der Waals surface area contributed by atoms with E-state index in [0.29, 0.717) is 37.6 Å². The van der Waals surface area contributed by atoms with Crippen LogP contribution in [0.25, 0.3) is 5.69 Å². The Morgan fingerprint density at radius 2 is 2.07 bits per heavy atom. The molecule has 152 valence electrons.